The molecule has 1 fully saturated rings. The lowest BCUT2D eigenvalue weighted by molar-refractivity contribution is -0.230. The van der Waals surface area contributed by atoms with Crippen molar-refractivity contribution in [3.8, 4) is 29.4 Å². The minimum Gasteiger partial charge on any atom is -0.493 e. The number of hydrogen-bond donors (Lipinski definition) is 1. The average Bonchev–Trinajstić information content (AvgIpc) is 3.28. The lowest BCUT2D eigenvalue weighted by Crippen LogP contribution is -2.41. The topological polar surface area (TPSA) is 132 Å². The van der Waals surface area contributed by atoms with Gasteiger partial charge in [0, 0.05) is 20.1 Å². The lowest BCUT2D eigenvalue weighted by Gasteiger charge is -2.29. The quantitative estimate of drug-likeness (QED) is 0.735. The van der Waals surface area contributed by atoms with Crippen molar-refractivity contribution in [2.75, 3.05) is 35.5 Å². The molecule has 1 aliphatic heterocycles. The third-order valence-corrected chi connectivity index (χ3v) is 5.50. The Morgan fingerprint density at radius 3 is 1.89 bits per heavy atom. The minimum absolute atomic E-state index is 0.00555. The summed E-state index contributed by atoms with van der Waals surface area (Å²) in [5.74, 6) is -1.16. The number of ether oxygens (including phenoxy) is 5. The first kappa shape index (κ1) is 18.8. The highest BCUT2D eigenvalue weighted by atomic mass is 16.7. The van der Waals surface area contributed by atoms with Crippen molar-refractivity contribution >= 4 is 5.84 Å². The zero-order valence-corrected chi connectivity index (χ0v) is 15.7. The molecule has 142 valence electrons. The summed E-state index contributed by atoms with van der Waals surface area (Å²) in [5, 5.41) is 20.1. The number of aliphatic imine (C=N–C) groups is 1. The van der Waals surface area contributed by atoms with Crippen LogP contribution in [0, 0.1) is 33.5 Å². The van der Waals surface area contributed by atoms with Crippen LogP contribution in [0.4, 0.5) is 0 Å². The number of fused-ring (bicyclic) bond motifs is 1. The maximum Gasteiger partial charge on any atom is 0.292 e. The summed E-state index contributed by atoms with van der Waals surface area (Å²) in [7, 11) is 7.18. The Balaban J connectivity index is 2.27. The van der Waals surface area contributed by atoms with Gasteiger partial charge in [0.2, 0.25) is 5.75 Å². The van der Waals surface area contributed by atoms with Gasteiger partial charge in [-0.3, -0.25) is 0 Å². The van der Waals surface area contributed by atoms with E-state index >= 15 is 0 Å². The van der Waals surface area contributed by atoms with Gasteiger partial charge in [-0.15, -0.1) is 0 Å². The van der Waals surface area contributed by atoms with Crippen LogP contribution in [0.2, 0.25) is 0 Å². The number of nitrogens with two attached hydrogens (primary N) is 1. The molecule has 1 aliphatic carbocycles. The van der Waals surface area contributed by atoms with Crippen molar-refractivity contribution in [3.63, 3.8) is 0 Å². The molecule has 9 nitrogen and oxygen atoms in total. The average molecular weight is 372 g/mol. The molecule has 9 heteroatoms. The molecule has 27 heavy (non-hydrogen) atoms. The van der Waals surface area contributed by atoms with Gasteiger partial charge in [0.25, 0.3) is 5.91 Å². The molecule has 3 atom stereocenters. The molecule has 0 amide bonds. The molecule has 0 unspecified atom stereocenters. The van der Waals surface area contributed by atoms with Crippen LogP contribution in [-0.2, 0) is 9.47 Å². The van der Waals surface area contributed by atoms with Crippen LogP contribution in [0.25, 0.3) is 0 Å². The van der Waals surface area contributed by atoms with Crippen molar-refractivity contribution in [1.29, 1.82) is 10.5 Å². The predicted molar refractivity (Wildman–Crippen MR) is 93.3 cm³/mol. The number of nitrogens with zero attached hydrogens (tertiary/aromatic N) is 3. The molecule has 1 aromatic carbocycles. The fraction of sp³-hybridized carbons (Fsp3) is 0.500. The van der Waals surface area contributed by atoms with Gasteiger partial charge in [-0.05, 0) is 17.7 Å². The maximum absolute atomic E-state index is 10.1. The largest absolute Gasteiger partial charge is 0.493 e. The Bertz CT molecular complexity index is 873. The molecule has 2 aliphatic rings. The third kappa shape index (κ3) is 1.85. The smallest absolute Gasteiger partial charge is 0.292 e. The molecule has 3 rings (SSSR count). The fourth-order valence-electron chi connectivity index (χ4n) is 4.29. The van der Waals surface area contributed by atoms with Gasteiger partial charge in [-0.2, -0.15) is 10.5 Å². The highest BCUT2D eigenvalue weighted by Gasteiger charge is 2.93. The Morgan fingerprint density at radius 1 is 0.963 bits per heavy atom. The van der Waals surface area contributed by atoms with Crippen molar-refractivity contribution < 1.29 is 23.7 Å². The van der Waals surface area contributed by atoms with Crippen LogP contribution < -0.4 is 19.9 Å². The second kappa shape index (κ2) is 6.02. The van der Waals surface area contributed by atoms with E-state index in [1.54, 1.807) is 12.1 Å². The highest BCUT2D eigenvalue weighted by molar-refractivity contribution is 6.00. The summed E-state index contributed by atoms with van der Waals surface area (Å²) in [6.45, 7) is 0. The maximum atomic E-state index is 10.1. The number of rotatable bonds is 6. The number of nitriles is 2. The zero-order valence-electron chi connectivity index (χ0n) is 15.7. The van der Waals surface area contributed by atoms with Gasteiger partial charge in [0.15, 0.2) is 16.9 Å². The predicted octanol–water partition coefficient (Wildman–Crippen LogP) is 1.15. The molecule has 0 spiro atoms. The minimum atomic E-state index is -1.69. The summed E-state index contributed by atoms with van der Waals surface area (Å²) in [6, 6.07) is 7.75. The van der Waals surface area contributed by atoms with Crippen LogP contribution in [0.15, 0.2) is 17.1 Å². The van der Waals surface area contributed by atoms with Gasteiger partial charge in [-0.25, -0.2) is 4.99 Å². The number of benzene rings is 1. The number of hydrogen-bond acceptors (Lipinski definition) is 9. The van der Waals surface area contributed by atoms with Gasteiger partial charge >= 0.3 is 0 Å². The second-order valence-electron chi connectivity index (χ2n) is 6.22. The number of methoxy groups -OCH3 is 5. The van der Waals surface area contributed by atoms with E-state index in [0.29, 0.717) is 22.8 Å². The molecule has 2 N–H and O–H groups in total. The fourth-order valence-corrected chi connectivity index (χ4v) is 4.29. The van der Waals surface area contributed by atoms with Crippen LogP contribution in [0.3, 0.4) is 0 Å². The molecule has 0 bridgehead atoms. The highest BCUT2D eigenvalue weighted by Crippen LogP contribution is 2.82. The molecular formula is C18H20N4O5. The van der Waals surface area contributed by atoms with E-state index in [-0.39, 0.29) is 5.84 Å². The van der Waals surface area contributed by atoms with Crippen molar-refractivity contribution in [1.82, 2.24) is 0 Å². The van der Waals surface area contributed by atoms with Crippen LogP contribution in [0.5, 0.6) is 17.2 Å². The third-order valence-electron chi connectivity index (χ3n) is 5.50. The standard InChI is InChI=1S/C18H20N4O5/c1-23-11-6-10(7-12(24-2)13(11)25-3)14-16(8-19)15(21)22-18(26-4,27-5)17(14,16)9-20/h6-7,14H,1-5H3,(H2,21,22)/t14-,16-,17+/m1/s1. The Kier molecular flexibility index (Phi) is 4.18. The SMILES string of the molecule is COc1cc([C@@H]2[C@]3(C#N)C(N)=NC(OC)(OC)[C@@]23C#N)cc(OC)c1OC. The molecule has 0 aromatic heterocycles. The van der Waals surface area contributed by atoms with Gasteiger partial charge in [0.1, 0.15) is 11.3 Å². The van der Waals surface area contributed by atoms with Crippen LogP contribution >= 0.6 is 0 Å². The van der Waals surface area contributed by atoms with Crippen molar-refractivity contribution in [2.24, 2.45) is 21.6 Å². The van der Waals surface area contributed by atoms with Crippen molar-refractivity contribution in [2.45, 2.75) is 11.8 Å². The second-order valence-corrected chi connectivity index (χ2v) is 6.22. The molecule has 0 saturated heterocycles. The van der Waals surface area contributed by atoms with E-state index < -0.39 is 22.7 Å². The molecular weight excluding hydrogens is 352 g/mol. The van der Waals surface area contributed by atoms with E-state index in [2.05, 4.69) is 17.1 Å². The van der Waals surface area contributed by atoms with E-state index in [0.717, 1.165) is 0 Å². The van der Waals surface area contributed by atoms with Crippen LogP contribution in [-0.4, -0.2) is 47.3 Å². The van der Waals surface area contributed by atoms with Crippen molar-refractivity contribution in [3.05, 3.63) is 17.7 Å². The summed E-state index contributed by atoms with van der Waals surface area (Å²) in [5.41, 5.74) is 3.87. The van der Waals surface area contributed by atoms with E-state index in [4.69, 9.17) is 29.4 Å². The monoisotopic (exact) mass is 372 g/mol. The molecule has 1 saturated carbocycles. The summed E-state index contributed by atoms with van der Waals surface area (Å²) in [4.78, 5) is 4.19. The first-order valence-electron chi connectivity index (χ1n) is 8.02. The molecule has 1 aromatic rings. The summed E-state index contributed by atoms with van der Waals surface area (Å²) in [6.07, 6.45) is 0. The molecule has 1 heterocycles. The van der Waals surface area contributed by atoms with E-state index in [9.17, 15) is 10.5 Å². The summed E-state index contributed by atoms with van der Waals surface area (Å²) >= 11 is 0. The zero-order chi connectivity index (χ0) is 20.0. The van der Waals surface area contributed by atoms with E-state index in [1.165, 1.54) is 35.5 Å². The Labute approximate surface area is 156 Å². The van der Waals surface area contributed by atoms with Gasteiger partial charge < -0.3 is 29.4 Å². The normalized spacial score (nSPS) is 29.7. The Hall–Kier alpha value is -3.01. The lowest BCUT2D eigenvalue weighted by atomic mass is 9.93. The van der Waals surface area contributed by atoms with Gasteiger partial charge in [-0.1, -0.05) is 0 Å². The van der Waals surface area contributed by atoms with Crippen LogP contribution in [0.1, 0.15) is 11.5 Å². The van der Waals surface area contributed by atoms with Gasteiger partial charge in [0.05, 0.1) is 33.5 Å². The first-order valence-corrected chi connectivity index (χ1v) is 8.02. The van der Waals surface area contributed by atoms with E-state index in [1.807, 2.05) is 0 Å². The summed E-state index contributed by atoms with van der Waals surface area (Å²) < 4.78 is 27.0. The molecule has 0 radical (unpaired) electrons. The Morgan fingerprint density at radius 2 is 1.52 bits per heavy atom. The first-order chi connectivity index (χ1) is 12.9. The number of amidine groups is 1.